The second-order valence-corrected chi connectivity index (χ2v) is 8.82. The zero-order chi connectivity index (χ0) is 25.9. The van der Waals surface area contributed by atoms with Gasteiger partial charge in [-0.15, -0.1) is 0 Å². The third-order valence-corrected chi connectivity index (χ3v) is 6.15. The number of methoxy groups -OCH3 is 1. The molecule has 1 atom stereocenters. The van der Waals surface area contributed by atoms with Crippen molar-refractivity contribution in [1.29, 1.82) is 0 Å². The molecule has 2 aromatic heterocycles. The van der Waals surface area contributed by atoms with E-state index in [-0.39, 0.29) is 17.8 Å². The van der Waals surface area contributed by atoms with Crippen molar-refractivity contribution in [1.82, 2.24) is 19.7 Å². The van der Waals surface area contributed by atoms with Crippen LogP contribution in [-0.2, 0) is 4.79 Å². The number of hydrogen-bond acceptors (Lipinski definition) is 7. The molecule has 3 heterocycles. The van der Waals surface area contributed by atoms with Gasteiger partial charge in [0, 0.05) is 36.8 Å². The summed E-state index contributed by atoms with van der Waals surface area (Å²) in [6.07, 6.45) is 5.44. The number of amides is 1. The van der Waals surface area contributed by atoms with E-state index < -0.39 is 0 Å². The number of anilines is 3. The number of hydrogen-bond donors (Lipinski definition) is 2. The lowest BCUT2D eigenvalue weighted by Gasteiger charge is -2.20. The van der Waals surface area contributed by atoms with Crippen LogP contribution in [0, 0.1) is 5.82 Å². The molecule has 0 radical (unpaired) electrons. The standard InChI is InChI=1S/C27H27FN6O3/c1-4-27(35)32-22-11-21(24(36-3)13-25(22)37-20-8-9-33(2)16-20)31-26-12-23-17(14-29-26)15-30-34(23)19-7-5-6-18(28)10-19/h4-7,10-15,20H,1,8-9,16H2,2-3H3,(H,29,31)(H,32,35). The molecule has 4 aromatic rings. The Balaban J connectivity index is 1.50. The summed E-state index contributed by atoms with van der Waals surface area (Å²) in [4.78, 5) is 18.8. The Hall–Kier alpha value is -4.44. The van der Waals surface area contributed by atoms with Crippen LogP contribution in [0.5, 0.6) is 11.5 Å². The predicted molar refractivity (Wildman–Crippen MR) is 140 cm³/mol. The number of halogens is 1. The molecule has 190 valence electrons. The molecule has 9 nitrogen and oxygen atoms in total. The topological polar surface area (TPSA) is 93.5 Å². The molecule has 10 heteroatoms. The van der Waals surface area contributed by atoms with Gasteiger partial charge in [-0.2, -0.15) is 5.10 Å². The van der Waals surface area contributed by atoms with Crippen molar-refractivity contribution in [2.75, 3.05) is 37.9 Å². The second kappa shape index (κ2) is 10.3. The molecule has 1 amide bonds. The quantitative estimate of drug-likeness (QED) is 0.342. The Morgan fingerprint density at radius 3 is 2.78 bits per heavy atom. The average molecular weight is 503 g/mol. The summed E-state index contributed by atoms with van der Waals surface area (Å²) in [7, 11) is 3.60. The van der Waals surface area contributed by atoms with Crippen molar-refractivity contribution >= 4 is 34.0 Å². The van der Waals surface area contributed by atoms with Gasteiger partial charge in [-0.25, -0.2) is 14.1 Å². The van der Waals surface area contributed by atoms with Crippen LogP contribution in [-0.4, -0.2) is 58.9 Å². The van der Waals surface area contributed by atoms with E-state index in [1.807, 2.05) is 13.1 Å². The molecule has 0 bridgehead atoms. The molecular formula is C27H27FN6O3. The van der Waals surface area contributed by atoms with Gasteiger partial charge in [-0.05, 0) is 43.8 Å². The van der Waals surface area contributed by atoms with Crippen LogP contribution in [0.15, 0.2) is 67.5 Å². The number of fused-ring (bicyclic) bond motifs is 1. The number of likely N-dealkylation sites (tertiary alicyclic amines) is 1. The van der Waals surface area contributed by atoms with E-state index in [0.717, 1.165) is 30.4 Å². The highest BCUT2D eigenvalue weighted by Crippen LogP contribution is 2.39. The molecule has 1 fully saturated rings. The van der Waals surface area contributed by atoms with Crippen molar-refractivity contribution in [3.8, 4) is 17.2 Å². The number of pyridine rings is 1. The van der Waals surface area contributed by atoms with Crippen LogP contribution in [0.3, 0.4) is 0 Å². The highest BCUT2D eigenvalue weighted by atomic mass is 19.1. The fourth-order valence-corrected chi connectivity index (χ4v) is 4.32. The first kappa shape index (κ1) is 24.3. The Morgan fingerprint density at radius 1 is 1.19 bits per heavy atom. The first-order valence-corrected chi connectivity index (χ1v) is 11.8. The lowest BCUT2D eigenvalue weighted by Crippen LogP contribution is -2.22. The fourth-order valence-electron chi connectivity index (χ4n) is 4.32. The Kier molecular flexibility index (Phi) is 6.74. The van der Waals surface area contributed by atoms with Gasteiger partial charge in [0.15, 0.2) is 0 Å². The van der Waals surface area contributed by atoms with Crippen LogP contribution in [0.1, 0.15) is 6.42 Å². The minimum atomic E-state index is -0.358. The zero-order valence-electron chi connectivity index (χ0n) is 20.6. The van der Waals surface area contributed by atoms with E-state index in [1.54, 1.807) is 48.5 Å². The molecule has 0 aliphatic carbocycles. The largest absolute Gasteiger partial charge is 0.494 e. The number of nitrogens with one attached hydrogen (secondary N) is 2. The molecule has 2 N–H and O–H groups in total. The molecule has 1 saturated heterocycles. The fraction of sp³-hybridized carbons (Fsp3) is 0.222. The van der Waals surface area contributed by atoms with Gasteiger partial charge in [-0.1, -0.05) is 12.6 Å². The van der Waals surface area contributed by atoms with E-state index in [1.165, 1.54) is 18.2 Å². The number of nitrogens with zero attached hydrogens (tertiary/aromatic N) is 4. The van der Waals surface area contributed by atoms with Crippen LogP contribution in [0.4, 0.5) is 21.6 Å². The van der Waals surface area contributed by atoms with Gasteiger partial charge in [0.05, 0.1) is 35.9 Å². The number of carbonyl (C=O) groups is 1. The molecule has 2 aromatic carbocycles. The molecule has 1 unspecified atom stereocenters. The number of likely N-dealkylation sites (N-methyl/N-ethyl adjacent to an activating group) is 1. The molecule has 37 heavy (non-hydrogen) atoms. The summed E-state index contributed by atoms with van der Waals surface area (Å²) >= 11 is 0. The minimum absolute atomic E-state index is 0.0000763. The molecule has 0 saturated carbocycles. The predicted octanol–water partition coefficient (Wildman–Crippen LogP) is 4.52. The summed E-state index contributed by atoms with van der Waals surface area (Å²) in [5, 5.41) is 11.3. The number of benzene rings is 2. The van der Waals surface area contributed by atoms with Crippen molar-refractivity contribution in [3.05, 3.63) is 73.3 Å². The number of ether oxygens (including phenoxy) is 2. The molecule has 1 aliphatic rings. The summed E-state index contributed by atoms with van der Waals surface area (Å²) in [5.74, 6) is 0.821. The van der Waals surface area contributed by atoms with E-state index in [9.17, 15) is 9.18 Å². The van der Waals surface area contributed by atoms with Crippen molar-refractivity contribution < 1.29 is 18.7 Å². The summed E-state index contributed by atoms with van der Waals surface area (Å²) < 4.78 is 27.3. The summed E-state index contributed by atoms with van der Waals surface area (Å²) in [6, 6.07) is 11.5. The monoisotopic (exact) mass is 502 g/mol. The van der Waals surface area contributed by atoms with E-state index >= 15 is 0 Å². The summed E-state index contributed by atoms with van der Waals surface area (Å²) in [5.41, 5.74) is 2.39. The van der Waals surface area contributed by atoms with Crippen molar-refractivity contribution in [2.45, 2.75) is 12.5 Å². The van der Waals surface area contributed by atoms with Gasteiger partial charge in [0.25, 0.3) is 0 Å². The average Bonchev–Trinajstić information content (AvgIpc) is 3.50. The van der Waals surface area contributed by atoms with Crippen molar-refractivity contribution in [2.24, 2.45) is 0 Å². The van der Waals surface area contributed by atoms with Crippen LogP contribution < -0.4 is 20.1 Å². The SMILES string of the molecule is C=CC(=O)Nc1cc(Nc2cc3c(cn2)cnn3-c2cccc(F)c2)c(OC)cc1OC1CCN(C)C1. The van der Waals surface area contributed by atoms with E-state index in [2.05, 4.69) is 32.2 Å². The summed E-state index contributed by atoms with van der Waals surface area (Å²) in [6.45, 7) is 5.28. The molecular weight excluding hydrogens is 475 g/mol. The highest BCUT2D eigenvalue weighted by Gasteiger charge is 2.23. The van der Waals surface area contributed by atoms with Crippen molar-refractivity contribution in [3.63, 3.8) is 0 Å². The smallest absolute Gasteiger partial charge is 0.247 e. The maximum atomic E-state index is 13.8. The highest BCUT2D eigenvalue weighted by molar-refractivity contribution is 6.00. The van der Waals surface area contributed by atoms with Crippen LogP contribution in [0.25, 0.3) is 16.6 Å². The number of carbonyl (C=O) groups excluding carboxylic acids is 1. The van der Waals surface area contributed by atoms with Gasteiger partial charge < -0.3 is 25.0 Å². The number of rotatable bonds is 8. The Morgan fingerprint density at radius 2 is 2.05 bits per heavy atom. The normalized spacial score (nSPS) is 15.5. The second-order valence-electron chi connectivity index (χ2n) is 8.82. The van der Waals surface area contributed by atoms with Gasteiger partial charge in [-0.3, -0.25) is 4.79 Å². The van der Waals surface area contributed by atoms with E-state index in [4.69, 9.17) is 9.47 Å². The zero-order valence-corrected chi connectivity index (χ0v) is 20.6. The first-order valence-electron chi connectivity index (χ1n) is 11.8. The van der Waals surface area contributed by atoms with Crippen LogP contribution >= 0.6 is 0 Å². The van der Waals surface area contributed by atoms with E-state index in [0.29, 0.717) is 34.4 Å². The Labute approximate surface area is 213 Å². The lowest BCUT2D eigenvalue weighted by molar-refractivity contribution is -0.111. The lowest BCUT2D eigenvalue weighted by atomic mass is 10.2. The third-order valence-electron chi connectivity index (χ3n) is 6.15. The minimum Gasteiger partial charge on any atom is -0.494 e. The Bertz CT molecular complexity index is 1470. The molecule has 5 rings (SSSR count). The first-order chi connectivity index (χ1) is 17.9. The van der Waals surface area contributed by atoms with Crippen LogP contribution in [0.2, 0.25) is 0 Å². The molecule has 1 aliphatic heterocycles. The third kappa shape index (κ3) is 5.24. The van der Waals surface area contributed by atoms with Gasteiger partial charge in [0.2, 0.25) is 5.91 Å². The number of aromatic nitrogens is 3. The van der Waals surface area contributed by atoms with Gasteiger partial charge in [0.1, 0.15) is 29.2 Å². The maximum Gasteiger partial charge on any atom is 0.247 e. The molecule has 0 spiro atoms. The van der Waals surface area contributed by atoms with Gasteiger partial charge >= 0.3 is 0 Å². The maximum absolute atomic E-state index is 13.8.